The molecule has 0 aromatic heterocycles. The first kappa shape index (κ1) is 16.2. The number of ether oxygens (including phenoxy) is 1. The lowest BCUT2D eigenvalue weighted by atomic mass is 10.0. The molecule has 0 heterocycles. The third-order valence-corrected chi connectivity index (χ3v) is 4.09. The molecule has 2 aromatic carbocycles. The summed E-state index contributed by atoms with van der Waals surface area (Å²) < 4.78 is 5.26. The van der Waals surface area contributed by atoms with Crippen LogP contribution in [0.15, 0.2) is 42.5 Å². The van der Waals surface area contributed by atoms with Crippen molar-refractivity contribution in [2.75, 3.05) is 7.11 Å². The molecule has 2 rings (SSSR count). The van der Waals surface area contributed by atoms with Gasteiger partial charge in [0.1, 0.15) is 5.75 Å². The minimum Gasteiger partial charge on any atom is -0.497 e. The Bertz CT molecular complexity index is 615. The molecule has 1 N–H and O–H groups in total. The Kier molecular flexibility index (Phi) is 5.51. The summed E-state index contributed by atoms with van der Waals surface area (Å²) >= 11 is 12.2. The lowest BCUT2D eigenvalue weighted by Crippen LogP contribution is -2.22. The van der Waals surface area contributed by atoms with Gasteiger partial charge in [-0.05, 0) is 49.2 Å². The fourth-order valence-electron chi connectivity index (χ4n) is 2.32. The van der Waals surface area contributed by atoms with Crippen LogP contribution >= 0.6 is 23.2 Å². The zero-order chi connectivity index (χ0) is 15.4. The van der Waals surface area contributed by atoms with Gasteiger partial charge >= 0.3 is 0 Å². The summed E-state index contributed by atoms with van der Waals surface area (Å²) in [6, 6.07) is 13.9. The van der Waals surface area contributed by atoms with Crippen molar-refractivity contribution < 1.29 is 4.74 Å². The van der Waals surface area contributed by atoms with Gasteiger partial charge < -0.3 is 10.1 Å². The highest BCUT2D eigenvalue weighted by Crippen LogP contribution is 2.28. The predicted octanol–water partition coefficient (Wildman–Crippen LogP) is 5.41. The van der Waals surface area contributed by atoms with Gasteiger partial charge in [0.2, 0.25) is 0 Å². The maximum absolute atomic E-state index is 6.26. The largest absolute Gasteiger partial charge is 0.497 e. The van der Waals surface area contributed by atoms with E-state index in [4.69, 9.17) is 27.9 Å². The third-order valence-electron chi connectivity index (χ3n) is 3.52. The molecule has 2 atom stereocenters. The van der Waals surface area contributed by atoms with Gasteiger partial charge in [-0.15, -0.1) is 0 Å². The van der Waals surface area contributed by atoms with E-state index >= 15 is 0 Å². The summed E-state index contributed by atoms with van der Waals surface area (Å²) in [4.78, 5) is 0. The first-order valence-corrected chi connectivity index (χ1v) is 7.62. The standard InChI is InChI=1S/C17H19Cl2NO/c1-11(13-5-4-6-15(9-13)21-3)20-12(2)16-8-7-14(18)10-17(16)19/h4-12,20H,1-3H3. The molecule has 0 aliphatic carbocycles. The monoisotopic (exact) mass is 323 g/mol. The van der Waals surface area contributed by atoms with Crippen molar-refractivity contribution in [2.45, 2.75) is 25.9 Å². The predicted molar refractivity (Wildman–Crippen MR) is 89.4 cm³/mol. The van der Waals surface area contributed by atoms with E-state index in [0.717, 1.165) is 11.3 Å². The van der Waals surface area contributed by atoms with E-state index in [0.29, 0.717) is 10.0 Å². The van der Waals surface area contributed by atoms with Crippen LogP contribution in [-0.4, -0.2) is 7.11 Å². The SMILES string of the molecule is COc1cccc(C(C)NC(C)c2ccc(Cl)cc2Cl)c1. The van der Waals surface area contributed by atoms with Crippen molar-refractivity contribution in [1.82, 2.24) is 5.32 Å². The van der Waals surface area contributed by atoms with Crippen LogP contribution in [0.25, 0.3) is 0 Å². The number of methoxy groups -OCH3 is 1. The highest BCUT2D eigenvalue weighted by atomic mass is 35.5. The normalized spacial score (nSPS) is 13.8. The molecule has 2 nitrogen and oxygen atoms in total. The Hall–Kier alpha value is -1.22. The topological polar surface area (TPSA) is 21.3 Å². The van der Waals surface area contributed by atoms with Gasteiger partial charge in [-0.1, -0.05) is 41.4 Å². The Morgan fingerprint density at radius 3 is 2.43 bits per heavy atom. The molecule has 2 unspecified atom stereocenters. The molecular formula is C17H19Cl2NO. The van der Waals surface area contributed by atoms with Gasteiger partial charge in [-0.25, -0.2) is 0 Å². The van der Waals surface area contributed by atoms with Crippen molar-refractivity contribution in [1.29, 1.82) is 0 Å². The Morgan fingerprint density at radius 1 is 1.00 bits per heavy atom. The van der Waals surface area contributed by atoms with Crippen LogP contribution in [0.5, 0.6) is 5.75 Å². The zero-order valence-corrected chi connectivity index (χ0v) is 13.9. The van der Waals surface area contributed by atoms with E-state index in [1.54, 1.807) is 13.2 Å². The molecule has 21 heavy (non-hydrogen) atoms. The molecule has 0 aliphatic rings. The number of rotatable bonds is 5. The van der Waals surface area contributed by atoms with E-state index in [2.05, 4.69) is 25.2 Å². The molecule has 0 radical (unpaired) electrons. The summed E-state index contributed by atoms with van der Waals surface area (Å²) in [6.07, 6.45) is 0. The number of hydrogen-bond donors (Lipinski definition) is 1. The summed E-state index contributed by atoms with van der Waals surface area (Å²) in [5, 5.41) is 4.87. The summed E-state index contributed by atoms with van der Waals surface area (Å²) in [6.45, 7) is 4.21. The van der Waals surface area contributed by atoms with Gasteiger partial charge in [-0.3, -0.25) is 0 Å². The molecule has 2 aromatic rings. The number of halogens is 2. The average Bonchev–Trinajstić information content (AvgIpc) is 2.47. The van der Waals surface area contributed by atoms with Crippen LogP contribution in [0.2, 0.25) is 10.0 Å². The lowest BCUT2D eigenvalue weighted by Gasteiger charge is -2.22. The molecule has 0 saturated carbocycles. The fraction of sp³-hybridized carbons (Fsp3) is 0.294. The second kappa shape index (κ2) is 7.17. The van der Waals surface area contributed by atoms with Crippen LogP contribution < -0.4 is 10.1 Å². The summed E-state index contributed by atoms with van der Waals surface area (Å²) in [5.74, 6) is 0.860. The van der Waals surface area contributed by atoms with Crippen molar-refractivity contribution in [3.05, 3.63) is 63.6 Å². The van der Waals surface area contributed by atoms with Crippen LogP contribution in [-0.2, 0) is 0 Å². The van der Waals surface area contributed by atoms with Crippen LogP contribution in [0.4, 0.5) is 0 Å². The second-order valence-corrected chi connectivity index (χ2v) is 5.90. The van der Waals surface area contributed by atoms with E-state index in [-0.39, 0.29) is 12.1 Å². The highest BCUT2D eigenvalue weighted by molar-refractivity contribution is 6.35. The second-order valence-electron chi connectivity index (χ2n) is 5.05. The molecule has 0 bridgehead atoms. The fourth-order valence-corrected chi connectivity index (χ4v) is 2.90. The summed E-state index contributed by atoms with van der Waals surface area (Å²) in [5.41, 5.74) is 2.21. The molecule has 0 amide bonds. The summed E-state index contributed by atoms with van der Waals surface area (Å²) in [7, 11) is 1.67. The maximum Gasteiger partial charge on any atom is 0.119 e. The lowest BCUT2D eigenvalue weighted by molar-refractivity contribution is 0.412. The van der Waals surface area contributed by atoms with E-state index in [1.165, 1.54) is 5.56 Å². The van der Waals surface area contributed by atoms with Crippen LogP contribution in [0, 0.1) is 0 Å². The number of nitrogens with one attached hydrogen (secondary N) is 1. The number of hydrogen-bond acceptors (Lipinski definition) is 2. The van der Waals surface area contributed by atoms with Crippen LogP contribution in [0.3, 0.4) is 0 Å². The molecular weight excluding hydrogens is 305 g/mol. The number of benzene rings is 2. The molecule has 112 valence electrons. The molecule has 0 fully saturated rings. The molecule has 0 saturated heterocycles. The maximum atomic E-state index is 6.26. The van der Waals surface area contributed by atoms with Gasteiger partial charge in [0, 0.05) is 22.1 Å². The third kappa shape index (κ3) is 4.13. The van der Waals surface area contributed by atoms with Gasteiger partial charge in [0.05, 0.1) is 7.11 Å². The molecule has 0 spiro atoms. The average molecular weight is 324 g/mol. The Balaban J connectivity index is 2.12. The van der Waals surface area contributed by atoms with Crippen LogP contribution in [0.1, 0.15) is 37.1 Å². The van der Waals surface area contributed by atoms with Gasteiger partial charge in [0.25, 0.3) is 0 Å². The van der Waals surface area contributed by atoms with E-state index in [1.807, 2.05) is 30.3 Å². The highest BCUT2D eigenvalue weighted by Gasteiger charge is 2.14. The minimum absolute atomic E-state index is 0.121. The zero-order valence-electron chi connectivity index (χ0n) is 12.4. The van der Waals surface area contributed by atoms with E-state index < -0.39 is 0 Å². The Morgan fingerprint density at radius 2 is 1.76 bits per heavy atom. The minimum atomic E-state index is 0.121. The van der Waals surface area contributed by atoms with Gasteiger partial charge in [0.15, 0.2) is 0 Å². The first-order chi connectivity index (χ1) is 10.0. The van der Waals surface area contributed by atoms with E-state index in [9.17, 15) is 0 Å². The molecule has 0 aliphatic heterocycles. The van der Waals surface area contributed by atoms with Crippen molar-refractivity contribution in [2.24, 2.45) is 0 Å². The van der Waals surface area contributed by atoms with Crippen molar-refractivity contribution in [3.63, 3.8) is 0 Å². The Labute approximate surface area is 136 Å². The van der Waals surface area contributed by atoms with Crippen molar-refractivity contribution >= 4 is 23.2 Å². The smallest absolute Gasteiger partial charge is 0.119 e. The molecule has 4 heteroatoms. The quantitative estimate of drug-likeness (QED) is 0.793. The van der Waals surface area contributed by atoms with Crippen molar-refractivity contribution in [3.8, 4) is 5.75 Å². The van der Waals surface area contributed by atoms with Gasteiger partial charge in [-0.2, -0.15) is 0 Å². The first-order valence-electron chi connectivity index (χ1n) is 6.86.